The Bertz CT molecular complexity index is 408. The Morgan fingerprint density at radius 1 is 1.44 bits per heavy atom. The minimum absolute atomic E-state index is 0.0691. The van der Waals surface area contributed by atoms with E-state index in [2.05, 4.69) is 17.1 Å². The van der Waals surface area contributed by atoms with E-state index in [-0.39, 0.29) is 5.96 Å². The summed E-state index contributed by atoms with van der Waals surface area (Å²) >= 11 is 6.08. The first-order valence-electron chi connectivity index (χ1n) is 5.04. The Balaban J connectivity index is 3.01. The van der Waals surface area contributed by atoms with Crippen LogP contribution >= 0.6 is 11.6 Å². The highest BCUT2D eigenvalue weighted by atomic mass is 35.5. The van der Waals surface area contributed by atoms with Crippen molar-refractivity contribution in [3.8, 4) is 0 Å². The van der Waals surface area contributed by atoms with Crippen LogP contribution in [0.3, 0.4) is 0 Å². The molecule has 4 N–H and O–H groups in total. The molecule has 0 heterocycles. The Kier molecular flexibility index (Phi) is 4.79. The van der Waals surface area contributed by atoms with Crippen LogP contribution < -0.4 is 11.5 Å². The molecule has 0 radical (unpaired) electrons. The molecule has 16 heavy (non-hydrogen) atoms. The van der Waals surface area contributed by atoms with Crippen LogP contribution in [0.1, 0.15) is 24.5 Å². The molecule has 0 aliphatic carbocycles. The summed E-state index contributed by atoms with van der Waals surface area (Å²) in [4.78, 5) is 0. The molecule has 0 aromatic heterocycles. The fourth-order valence-electron chi connectivity index (χ4n) is 1.37. The van der Waals surface area contributed by atoms with E-state index in [4.69, 9.17) is 23.1 Å². The van der Waals surface area contributed by atoms with E-state index >= 15 is 0 Å². The van der Waals surface area contributed by atoms with E-state index in [1.54, 1.807) is 6.21 Å². The van der Waals surface area contributed by atoms with Crippen LogP contribution in [-0.4, -0.2) is 12.2 Å². The molecular weight excluding hydrogens is 224 g/mol. The van der Waals surface area contributed by atoms with Gasteiger partial charge in [-0.3, -0.25) is 0 Å². The highest BCUT2D eigenvalue weighted by molar-refractivity contribution is 6.33. The topological polar surface area (TPSA) is 76.8 Å². The van der Waals surface area contributed by atoms with E-state index in [1.165, 1.54) is 0 Å². The molecule has 86 valence electrons. The van der Waals surface area contributed by atoms with Crippen molar-refractivity contribution in [1.82, 2.24) is 0 Å². The van der Waals surface area contributed by atoms with Crippen molar-refractivity contribution in [2.75, 3.05) is 0 Å². The largest absolute Gasteiger partial charge is 0.369 e. The van der Waals surface area contributed by atoms with Crippen LogP contribution in [0, 0.1) is 0 Å². The molecule has 1 aromatic rings. The van der Waals surface area contributed by atoms with Gasteiger partial charge in [-0.05, 0) is 18.1 Å². The third kappa shape index (κ3) is 3.55. The standard InChI is InChI=1S/C11H15ClN4/c1-2-4-8-5-3-6-10(12)9(8)7-15-16-11(13)14/h3,5-7H,2,4H2,1H3,(H4,13,14,16). The van der Waals surface area contributed by atoms with Gasteiger partial charge < -0.3 is 11.5 Å². The fourth-order valence-corrected chi connectivity index (χ4v) is 1.61. The second-order valence-electron chi connectivity index (χ2n) is 3.33. The van der Waals surface area contributed by atoms with Gasteiger partial charge >= 0.3 is 0 Å². The monoisotopic (exact) mass is 238 g/mol. The molecule has 0 bridgehead atoms. The summed E-state index contributed by atoms with van der Waals surface area (Å²) in [7, 11) is 0. The van der Waals surface area contributed by atoms with Crippen molar-refractivity contribution in [1.29, 1.82) is 0 Å². The number of aryl methyl sites for hydroxylation is 1. The number of halogens is 1. The van der Waals surface area contributed by atoms with Crippen LogP contribution in [0.2, 0.25) is 5.02 Å². The van der Waals surface area contributed by atoms with Gasteiger partial charge in [-0.2, -0.15) is 5.10 Å². The Morgan fingerprint density at radius 2 is 2.19 bits per heavy atom. The molecule has 0 aliphatic rings. The van der Waals surface area contributed by atoms with Gasteiger partial charge in [0, 0.05) is 10.6 Å². The molecule has 0 amide bonds. The number of nitrogens with two attached hydrogens (primary N) is 2. The number of hydrogen-bond acceptors (Lipinski definition) is 2. The van der Waals surface area contributed by atoms with Gasteiger partial charge in [0.25, 0.3) is 0 Å². The number of nitrogens with zero attached hydrogens (tertiary/aromatic N) is 2. The van der Waals surface area contributed by atoms with E-state index in [1.807, 2.05) is 18.2 Å². The van der Waals surface area contributed by atoms with Crippen molar-refractivity contribution >= 4 is 23.8 Å². The molecule has 0 aliphatic heterocycles. The molecule has 0 spiro atoms. The lowest BCUT2D eigenvalue weighted by molar-refractivity contribution is 0.920. The van der Waals surface area contributed by atoms with E-state index in [0.29, 0.717) is 5.02 Å². The summed E-state index contributed by atoms with van der Waals surface area (Å²) in [6.45, 7) is 2.11. The molecule has 0 saturated carbocycles. The van der Waals surface area contributed by atoms with E-state index < -0.39 is 0 Å². The van der Waals surface area contributed by atoms with Gasteiger partial charge in [0.15, 0.2) is 0 Å². The van der Waals surface area contributed by atoms with Gasteiger partial charge in [0.2, 0.25) is 5.96 Å². The van der Waals surface area contributed by atoms with Crippen molar-refractivity contribution in [2.45, 2.75) is 19.8 Å². The molecule has 0 atom stereocenters. The van der Waals surface area contributed by atoms with Crippen LogP contribution in [-0.2, 0) is 6.42 Å². The second-order valence-corrected chi connectivity index (χ2v) is 3.74. The van der Waals surface area contributed by atoms with E-state index in [0.717, 1.165) is 24.0 Å². The Hall–Kier alpha value is -1.55. The van der Waals surface area contributed by atoms with E-state index in [9.17, 15) is 0 Å². The highest BCUT2D eigenvalue weighted by Gasteiger charge is 2.03. The lowest BCUT2D eigenvalue weighted by Gasteiger charge is -2.05. The third-order valence-corrected chi connectivity index (χ3v) is 2.35. The third-order valence-electron chi connectivity index (χ3n) is 2.02. The quantitative estimate of drug-likeness (QED) is 0.478. The Morgan fingerprint density at radius 3 is 2.81 bits per heavy atom. The predicted octanol–water partition coefficient (Wildman–Crippen LogP) is 1.90. The maximum atomic E-state index is 6.08. The molecule has 1 aromatic carbocycles. The maximum absolute atomic E-state index is 6.08. The van der Waals surface area contributed by atoms with Gasteiger partial charge in [0.1, 0.15) is 0 Å². The fraction of sp³-hybridized carbons (Fsp3) is 0.273. The zero-order valence-electron chi connectivity index (χ0n) is 9.15. The van der Waals surface area contributed by atoms with Gasteiger partial charge in [0.05, 0.1) is 6.21 Å². The average Bonchev–Trinajstić information content (AvgIpc) is 2.22. The summed E-state index contributed by atoms with van der Waals surface area (Å²) in [5, 5.41) is 7.97. The van der Waals surface area contributed by atoms with Crippen molar-refractivity contribution in [3.05, 3.63) is 34.3 Å². The Labute approximate surface area is 100.0 Å². The van der Waals surface area contributed by atoms with Crippen LogP contribution in [0.25, 0.3) is 0 Å². The number of hydrogen-bond donors (Lipinski definition) is 2. The lowest BCUT2D eigenvalue weighted by atomic mass is 10.0. The van der Waals surface area contributed by atoms with Crippen LogP contribution in [0.5, 0.6) is 0 Å². The average molecular weight is 239 g/mol. The van der Waals surface area contributed by atoms with Crippen LogP contribution in [0.4, 0.5) is 0 Å². The number of rotatable bonds is 4. The van der Waals surface area contributed by atoms with Gasteiger partial charge in [-0.15, -0.1) is 5.10 Å². The minimum Gasteiger partial charge on any atom is -0.369 e. The van der Waals surface area contributed by atoms with Crippen molar-refractivity contribution in [2.24, 2.45) is 21.7 Å². The predicted molar refractivity (Wildman–Crippen MR) is 68.9 cm³/mol. The number of benzene rings is 1. The molecule has 0 unspecified atom stereocenters. The van der Waals surface area contributed by atoms with Gasteiger partial charge in [-0.25, -0.2) is 0 Å². The molecular formula is C11H15ClN4. The first kappa shape index (κ1) is 12.5. The summed E-state index contributed by atoms with van der Waals surface area (Å²) < 4.78 is 0. The molecule has 0 saturated heterocycles. The normalized spacial score (nSPS) is 10.6. The lowest BCUT2D eigenvalue weighted by Crippen LogP contribution is -2.21. The smallest absolute Gasteiger partial charge is 0.211 e. The molecule has 4 nitrogen and oxygen atoms in total. The molecule has 5 heteroatoms. The zero-order chi connectivity index (χ0) is 12.0. The second kappa shape index (κ2) is 6.12. The molecule has 1 rings (SSSR count). The first-order chi connectivity index (χ1) is 7.65. The summed E-state index contributed by atoms with van der Waals surface area (Å²) in [5.74, 6) is -0.0691. The highest BCUT2D eigenvalue weighted by Crippen LogP contribution is 2.19. The van der Waals surface area contributed by atoms with Crippen molar-refractivity contribution < 1.29 is 0 Å². The summed E-state index contributed by atoms with van der Waals surface area (Å²) in [6, 6.07) is 5.76. The zero-order valence-corrected chi connectivity index (χ0v) is 9.91. The summed E-state index contributed by atoms with van der Waals surface area (Å²) in [5.41, 5.74) is 12.4. The molecule has 0 fully saturated rings. The van der Waals surface area contributed by atoms with Crippen LogP contribution in [0.15, 0.2) is 28.4 Å². The van der Waals surface area contributed by atoms with Gasteiger partial charge in [-0.1, -0.05) is 37.1 Å². The SMILES string of the molecule is CCCc1cccc(Cl)c1C=NN=C(N)N. The van der Waals surface area contributed by atoms with Crippen molar-refractivity contribution in [3.63, 3.8) is 0 Å². The number of guanidine groups is 1. The minimum atomic E-state index is -0.0691. The first-order valence-corrected chi connectivity index (χ1v) is 5.42. The summed E-state index contributed by atoms with van der Waals surface area (Å²) in [6.07, 6.45) is 3.57. The maximum Gasteiger partial charge on any atom is 0.211 e.